The van der Waals surface area contributed by atoms with Crippen LogP contribution in [0.2, 0.25) is 0 Å². The molecule has 20 heavy (non-hydrogen) atoms. The third-order valence-electron chi connectivity index (χ3n) is 3.90. The molecule has 0 saturated carbocycles. The second kappa shape index (κ2) is 7.83. The lowest BCUT2D eigenvalue weighted by Crippen LogP contribution is -2.51. The predicted octanol–water partition coefficient (Wildman–Crippen LogP) is 2.92. The fourth-order valence-corrected chi connectivity index (χ4v) is 5.08. The monoisotopic (exact) mass is 315 g/mol. The summed E-state index contributed by atoms with van der Waals surface area (Å²) in [5.41, 5.74) is 0. The maximum atomic E-state index is 4.94. The zero-order valence-corrected chi connectivity index (χ0v) is 14.8. The second-order valence-corrected chi connectivity index (χ2v) is 9.31. The zero-order valence-electron chi connectivity index (χ0n) is 13.2. The molecule has 0 aromatic rings. The van der Waals surface area contributed by atoms with Crippen LogP contribution in [0.25, 0.3) is 0 Å². The zero-order chi connectivity index (χ0) is 14.4. The molecule has 116 valence electrons. The first-order valence-electron chi connectivity index (χ1n) is 7.86. The van der Waals surface area contributed by atoms with E-state index in [4.69, 9.17) is 4.99 Å². The summed E-state index contributed by atoms with van der Waals surface area (Å²) in [4.78, 5) is 7.40. The van der Waals surface area contributed by atoms with Crippen molar-refractivity contribution >= 4 is 29.5 Å². The Morgan fingerprint density at radius 3 is 2.70 bits per heavy atom. The number of nitrogens with zero attached hydrogens (tertiary/aromatic N) is 2. The Morgan fingerprint density at radius 1 is 1.30 bits per heavy atom. The molecule has 2 rings (SSSR count). The Kier molecular flexibility index (Phi) is 6.40. The van der Waals surface area contributed by atoms with E-state index in [1.165, 1.54) is 30.1 Å². The molecule has 0 amide bonds. The normalized spacial score (nSPS) is 24.8. The first-order chi connectivity index (χ1) is 9.61. The van der Waals surface area contributed by atoms with Gasteiger partial charge in [0.05, 0.1) is 0 Å². The molecule has 2 aliphatic heterocycles. The molecular formula is C15H29N3S2. The van der Waals surface area contributed by atoms with Gasteiger partial charge in [-0.2, -0.15) is 23.5 Å². The van der Waals surface area contributed by atoms with Crippen molar-refractivity contribution in [3.63, 3.8) is 0 Å². The quantitative estimate of drug-likeness (QED) is 0.640. The van der Waals surface area contributed by atoms with Crippen LogP contribution in [0.3, 0.4) is 0 Å². The van der Waals surface area contributed by atoms with Crippen LogP contribution in [0.5, 0.6) is 0 Å². The summed E-state index contributed by atoms with van der Waals surface area (Å²) in [5.74, 6) is 5.79. The van der Waals surface area contributed by atoms with Crippen LogP contribution in [0, 0.1) is 5.92 Å². The van der Waals surface area contributed by atoms with Gasteiger partial charge in [-0.15, -0.1) is 0 Å². The molecule has 2 fully saturated rings. The SMILES string of the molecule is CCNC(=NCC1CCSCC1)N1CCSC(C)(C)C1. The van der Waals surface area contributed by atoms with Crippen molar-refractivity contribution < 1.29 is 0 Å². The number of thioether (sulfide) groups is 2. The van der Waals surface area contributed by atoms with Crippen LogP contribution in [0.4, 0.5) is 0 Å². The molecule has 0 spiro atoms. The van der Waals surface area contributed by atoms with Gasteiger partial charge in [-0.3, -0.25) is 4.99 Å². The average molecular weight is 316 g/mol. The number of hydrogen-bond acceptors (Lipinski definition) is 3. The van der Waals surface area contributed by atoms with E-state index in [9.17, 15) is 0 Å². The first kappa shape index (κ1) is 16.3. The number of hydrogen-bond donors (Lipinski definition) is 1. The summed E-state index contributed by atoms with van der Waals surface area (Å²) in [6.45, 7) is 11.0. The molecule has 0 radical (unpaired) electrons. The van der Waals surface area contributed by atoms with Gasteiger partial charge in [-0.1, -0.05) is 0 Å². The van der Waals surface area contributed by atoms with Crippen LogP contribution in [0.15, 0.2) is 4.99 Å². The lowest BCUT2D eigenvalue weighted by Gasteiger charge is -2.39. The summed E-state index contributed by atoms with van der Waals surface area (Å²) in [5, 5.41) is 3.49. The molecule has 0 atom stereocenters. The number of nitrogens with one attached hydrogen (secondary N) is 1. The molecule has 0 aromatic heterocycles. The van der Waals surface area contributed by atoms with Crippen molar-refractivity contribution in [2.75, 3.05) is 43.4 Å². The Hall–Kier alpha value is -0.0300. The van der Waals surface area contributed by atoms with Gasteiger partial charge in [-0.05, 0) is 51.0 Å². The molecule has 3 nitrogen and oxygen atoms in total. The van der Waals surface area contributed by atoms with Gasteiger partial charge in [0.25, 0.3) is 0 Å². The van der Waals surface area contributed by atoms with Crippen LogP contribution in [-0.4, -0.2) is 59.0 Å². The Balaban J connectivity index is 1.94. The van der Waals surface area contributed by atoms with E-state index < -0.39 is 0 Å². The highest BCUT2D eigenvalue weighted by Gasteiger charge is 2.28. The number of aliphatic imine (C=N–C) groups is 1. The highest BCUT2D eigenvalue weighted by Crippen LogP contribution is 2.29. The van der Waals surface area contributed by atoms with Gasteiger partial charge in [-0.25, -0.2) is 0 Å². The van der Waals surface area contributed by atoms with Gasteiger partial charge >= 0.3 is 0 Å². The van der Waals surface area contributed by atoms with Gasteiger partial charge in [0.2, 0.25) is 0 Å². The Morgan fingerprint density at radius 2 is 2.05 bits per heavy atom. The minimum absolute atomic E-state index is 0.343. The maximum absolute atomic E-state index is 4.94. The van der Waals surface area contributed by atoms with E-state index in [0.29, 0.717) is 4.75 Å². The van der Waals surface area contributed by atoms with Gasteiger partial charge in [0.1, 0.15) is 0 Å². The summed E-state index contributed by atoms with van der Waals surface area (Å²) in [6, 6.07) is 0. The van der Waals surface area contributed by atoms with Crippen molar-refractivity contribution in [1.29, 1.82) is 0 Å². The minimum atomic E-state index is 0.343. The highest BCUT2D eigenvalue weighted by atomic mass is 32.2. The van der Waals surface area contributed by atoms with E-state index in [2.05, 4.69) is 54.5 Å². The molecule has 2 heterocycles. The third kappa shape index (κ3) is 5.06. The number of rotatable bonds is 3. The van der Waals surface area contributed by atoms with E-state index >= 15 is 0 Å². The van der Waals surface area contributed by atoms with E-state index in [0.717, 1.165) is 38.1 Å². The van der Waals surface area contributed by atoms with Crippen molar-refractivity contribution in [2.45, 2.75) is 38.4 Å². The molecule has 2 saturated heterocycles. The van der Waals surface area contributed by atoms with Crippen molar-refractivity contribution in [1.82, 2.24) is 10.2 Å². The molecule has 0 bridgehead atoms. The van der Waals surface area contributed by atoms with Crippen LogP contribution >= 0.6 is 23.5 Å². The fourth-order valence-electron chi connectivity index (χ4n) is 2.77. The predicted molar refractivity (Wildman–Crippen MR) is 94.1 cm³/mol. The smallest absolute Gasteiger partial charge is 0.193 e. The van der Waals surface area contributed by atoms with Gasteiger partial charge in [0, 0.05) is 36.7 Å². The molecule has 0 unspecified atom stereocenters. The Bertz CT molecular complexity index is 325. The lowest BCUT2D eigenvalue weighted by atomic mass is 10.0. The van der Waals surface area contributed by atoms with Gasteiger partial charge < -0.3 is 10.2 Å². The summed E-state index contributed by atoms with van der Waals surface area (Å²) >= 11 is 4.17. The maximum Gasteiger partial charge on any atom is 0.193 e. The summed E-state index contributed by atoms with van der Waals surface area (Å²) in [7, 11) is 0. The third-order valence-corrected chi connectivity index (χ3v) is 6.25. The molecule has 0 aromatic carbocycles. The first-order valence-corrected chi connectivity index (χ1v) is 10.00. The molecule has 2 aliphatic rings. The van der Waals surface area contributed by atoms with Crippen LogP contribution in [-0.2, 0) is 0 Å². The average Bonchev–Trinajstić information content (AvgIpc) is 2.43. The van der Waals surface area contributed by atoms with Crippen molar-refractivity contribution in [3.8, 4) is 0 Å². The van der Waals surface area contributed by atoms with Crippen LogP contribution < -0.4 is 5.32 Å². The van der Waals surface area contributed by atoms with E-state index in [1.807, 2.05) is 0 Å². The number of guanidine groups is 1. The molecular weight excluding hydrogens is 286 g/mol. The van der Waals surface area contributed by atoms with Crippen molar-refractivity contribution in [3.05, 3.63) is 0 Å². The van der Waals surface area contributed by atoms with Gasteiger partial charge in [0.15, 0.2) is 5.96 Å². The topological polar surface area (TPSA) is 27.6 Å². The lowest BCUT2D eigenvalue weighted by molar-refractivity contribution is 0.373. The van der Waals surface area contributed by atoms with Crippen LogP contribution in [0.1, 0.15) is 33.6 Å². The summed E-state index contributed by atoms with van der Waals surface area (Å²) in [6.07, 6.45) is 2.68. The largest absolute Gasteiger partial charge is 0.357 e. The van der Waals surface area contributed by atoms with E-state index in [-0.39, 0.29) is 0 Å². The standard InChI is InChI=1S/C15H29N3S2/c1-4-16-14(17-11-13-5-8-19-9-6-13)18-7-10-20-15(2,3)12-18/h13H,4-12H2,1-3H3,(H,16,17). The molecule has 0 aliphatic carbocycles. The van der Waals surface area contributed by atoms with E-state index in [1.54, 1.807) is 0 Å². The molecule has 1 N–H and O–H groups in total. The minimum Gasteiger partial charge on any atom is -0.357 e. The molecule has 5 heteroatoms. The Labute approximate surface area is 132 Å². The van der Waals surface area contributed by atoms with Crippen molar-refractivity contribution in [2.24, 2.45) is 10.9 Å². The second-order valence-electron chi connectivity index (χ2n) is 6.28. The highest BCUT2D eigenvalue weighted by molar-refractivity contribution is 8.00. The fraction of sp³-hybridized carbons (Fsp3) is 0.933. The summed E-state index contributed by atoms with van der Waals surface area (Å²) < 4.78 is 0.343.